The molecule has 0 spiro atoms. The van der Waals surface area contributed by atoms with Gasteiger partial charge in [0.15, 0.2) is 0 Å². The van der Waals surface area contributed by atoms with Gasteiger partial charge in [0.05, 0.1) is 11.0 Å². The Bertz CT molecular complexity index is 837. The highest BCUT2D eigenvalue weighted by Crippen LogP contribution is 2.13. The summed E-state index contributed by atoms with van der Waals surface area (Å²) in [7, 11) is 3.62. The molecule has 23 heavy (non-hydrogen) atoms. The Hall–Kier alpha value is -2.04. The van der Waals surface area contributed by atoms with E-state index < -0.39 is 0 Å². The van der Waals surface area contributed by atoms with Gasteiger partial charge in [0, 0.05) is 20.6 Å². The molecule has 2 aromatic carbocycles. The van der Waals surface area contributed by atoms with E-state index in [-0.39, 0.29) is 18.1 Å². The number of halogens is 1. The molecule has 0 saturated heterocycles. The topological polar surface area (TPSA) is 39.0 Å². The molecule has 0 amide bonds. The highest BCUT2D eigenvalue weighted by molar-refractivity contribution is 5.76. The summed E-state index contributed by atoms with van der Waals surface area (Å²) in [4.78, 5) is 11.9. The summed E-state index contributed by atoms with van der Waals surface area (Å²) in [6, 6.07) is 16.7. The molecule has 0 aliphatic carbocycles. The molecule has 0 saturated carbocycles. The molecule has 0 radical (unpaired) electrons. The Morgan fingerprint density at radius 2 is 1.61 bits per heavy atom. The fraction of sp³-hybridized carbons (Fsp3) is 0.278. The van der Waals surface area contributed by atoms with E-state index in [0.29, 0.717) is 0 Å². The summed E-state index contributed by atoms with van der Waals surface area (Å²) in [5, 5.41) is 3.46. The molecule has 0 bridgehead atoms. The largest absolute Gasteiger partial charge is 1.00 e. The van der Waals surface area contributed by atoms with Crippen LogP contribution in [0.1, 0.15) is 11.1 Å². The molecule has 0 fully saturated rings. The van der Waals surface area contributed by atoms with Crippen molar-refractivity contribution in [3.05, 3.63) is 70.1 Å². The second-order valence-electron chi connectivity index (χ2n) is 5.64. The van der Waals surface area contributed by atoms with E-state index in [0.717, 1.165) is 30.5 Å². The van der Waals surface area contributed by atoms with E-state index in [9.17, 15) is 4.79 Å². The van der Waals surface area contributed by atoms with Crippen molar-refractivity contribution >= 4 is 11.0 Å². The van der Waals surface area contributed by atoms with Gasteiger partial charge in [0.1, 0.15) is 0 Å². The van der Waals surface area contributed by atoms with Crippen molar-refractivity contribution in [1.82, 2.24) is 14.5 Å². The minimum absolute atomic E-state index is 0. The van der Waals surface area contributed by atoms with Gasteiger partial charge in [-0.1, -0.05) is 36.4 Å². The van der Waals surface area contributed by atoms with Crippen LogP contribution in [-0.2, 0) is 27.1 Å². The summed E-state index contributed by atoms with van der Waals surface area (Å²) in [6.45, 7) is 1.75. The van der Waals surface area contributed by atoms with Crippen LogP contribution in [0.3, 0.4) is 0 Å². The van der Waals surface area contributed by atoms with Crippen molar-refractivity contribution in [2.45, 2.75) is 13.0 Å². The normalized spacial score (nSPS) is 10.7. The van der Waals surface area contributed by atoms with Crippen LogP contribution in [0.15, 0.2) is 53.3 Å². The molecule has 4 nitrogen and oxygen atoms in total. The van der Waals surface area contributed by atoms with E-state index in [2.05, 4.69) is 41.7 Å². The lowest BCUT2D eigenvalue weighted by Gasteiger charge is -2.06. The SMILES string of the molecule is Cn1c(=O)n(C)c2cc(CNCCc3ccccc3)ccc21.[Cl-]. The van der Waals surface area contributed by atoms with Crippen molar-refractivity contribution in [3.8, 4) is 0 Å². The van der Waals surface area contributed by atoms with Crippen molar-refractivity contribution in [2.24, 2.45) is 14.1 Å². The van der Waals surface area contributed by atoms with Gasteiger partial charge in [0.25, 0.3) is 0 Å². The zero-order chi connectivity index (χ0) is 15.5. The molecule has 0 aliphatic heterocycles. The van der Waals surface area contributed by atoms with Gasteiger partial charge >= 0.3 is 5.69 Å². The van der Waals surface area contributed by atoms with Crippen molar-refractivity contribution in [1.29, 1.82) is 0 Å². The van der Waals surface area contributed by atoms with Crippen LogP contribution in [0.2, 0.25) is 0 Å². The molecule has 0 aliphatic rings. The Balaban J connectivity index is 0.00000192. The Kier molecular flexibility index (Phi) is 5.64. The Labute approximate surface area is 142 Å². The fourth-order valence-corrected chi connectivity index (χ4v) is 2.77. The summed E-state index contributed by atoms with van der Waals surface area (Å²) in [6.07, 6.45) is 1.02. The minimum atomic E-state index is 0. The van der Waals surface area contributed by atoms with Gasteiger partial charge in [0.2, 0.25) is 0 Å². The molecule has 1 heterocycles. The third-order valence-electron chi connectivity index (χ3n) is 4.10. The average Bonchev–Trinajstić information content (AvgIpc) is 2.77. The quantitative estimate of drug-likeness (QED) is 0.623. The number of hydrogen-bond donors (Lipinski definition) is 1. The smallest absolute Gasteiger partial charge is 0.328 e. The molecule has 0 atom stereocenters. The van der Waals surface area contributed by atoms with Gasteiger partial charge in [-0.25, -0.2) is 4.79 Å². The molecule has 1 aromatic heterocycles. The monoisotopic (exact) mass is 330 g/mol. The van der Waals surface area contributed by atoms with Crippen LogP contribution >= 0.6 is 0 Å². The second kappa shape index (κ2) is 7.49. The van der Waals surface area contributed by atoms with E-state index in [1.165, 1.54) is 11.1 Å². The fourth-order valence-electron chi connectivity index (χ4n) is 2.77. The first kappa shape index (κ1) is 17.3. The lowest BCUT2D eigenvalue weighted by atomic mass is 10.1. The first-order valence-electron chi connectivity index (χ1n) is 7.56. The van der Waals surface area contributed by atoms with E-state index in [1.807, 2.05) is 26.2 Å². The van der Waals surface area contributed by atoms with E-state index in [4.69, 9.17) is 0 Å². The number of aryl methyl sites for hydroxylation is 2. The summed E-state index contributed by atoms with van der Waals surface area (Å²) < 4.78 is 3.38. The van der Waals surface area contributed by atoms with Crippen molar-refractivity contribution < 1.29 is 12.4 Å². The molecule has 5 heteroatoms. The molecular formula is C18H21ClN3O-. The number of aromatic nitrogens is 2. The predicted molar refractivity (Wildman–Crippen MR) is 90.0 cm³/mol. The van der Waals surface area contributed by atoms with Crippen LogP contribution in [0.4, 0.5) is 0 Å². The standard InChI is InChI=1S/C18H21N3O.ClH/c1-20-16-9-8-15(12-17(16)21(2)18(20)22)13-19-11-10-14-6-4-3-5-7-14;/h3-9,12,19H,10-11,13H2,1-2H3;1H/p-1. The minimum Gasteiger partial charge on any atom is -1.00 e. The van der Waals surface area contributed by atoms with Crippen LogP contribution in [0.25, 0.3) is 11.0 Å². The summed E-state index contributed by atoms with van der Waals surface area (Å²) in [5.74, 6) is 0. The number of hydrogen-bond acceptors (Lipinski definition) is 2. The van der Waals surface area contributed by atoms with Crippen LogP contribution in [0, 0.1) is 0 Å². The van der Waals surface area contributed by atoms with Gasteiger partial charge < -0.3 is 17.7 Å². The molecule has 3 aromatic rings. The highest BCUT2D eigenvalue weighted by Gasteiger charge is 2.07. The maximum atomic E-state index is 11.9. The van der Waals surface area contributed by atoms with Gasteiger partial charge in [-0.05, 0) is 36.2 Å². The number of rotatable bonds is 5. The molecule has 3 rings (SSSR count). The van der Waals surface area contributed by atoms with E-state index >= 15 is 0 Å². The number of benzene rings is 2. The molecular weight excluding hydrogens is 310 g/mol. The zero-order valence-corrected chi connectivity index (χ0v) is 14.2. The van der Waals surface area contributed by atoms with E-state index in [1.54, 1.807) is 9.13 Å². The summed E-state index contributed by atoms with van der Waals surface area (Å²) in [5.41, 5.74) is 4.51. The maximum absolute atomic E-state index is 11.9. The van der Waals surface area contributed by atoms with Gasteiger partial charge in [-0.15, -0.1) is 0 Å². The highest BCUT2D eigenvalue weighted by atomic mass is 35.5. The molecule has 1 N–H and O–H groups in total. The van der Waals surface area contributed by atoms with Crippen LogP contribution in [0.5, 0.6) is 0 Å². The third-order valence-corrected chi connectivity index (χ3v) is 4.10. The maximum Gasteiger partial charge on any atom is 0.328 e. The Morgan fingerprint density at radius 3 is 2.35 bits per heavy atom. The Morgan fingerprint density at radius 1 is 0.913 bits per heavy atom. The molecule has 0 unspecified atom stereocenters. The first-order chi connectivity index (χ1) is 10.7. The van der Waals surface area contributed by atoms with Crippen LogP contribution in [-0.4, -0.2) is 15.7 Å². The van der Waals surface area contributed by atoms with Crippen molar-refractivity contribution in [2.75, 3.05) is 6.54 Å². The van der Waals surface area contributed by atoms with Gasteiger partial charge in [-0.2, -0.15) is 0 Å². The summed E-state index contributed by atoms with van der Waals surface area (Å²) >= 11 is 0. The predicted octanol–water partition coefficient (Wildman–Crippen LogP) is -0.787. The average molecular weight is 331 g/mol. The zero-order valence-electron chi connectivity index (χ0n) is 13.4. The first-order valence-corrected chi connectivity index (χ1v) is 7.56. The van der Waals surface area contributed by atoms with Crippen molar-refractivity contribution in [3.63, 3.8) is 0 Å². The molecule has 122 valence electrons. The number of nitrogens with one attached hydrogen (secondary N) is 1. The van der Waals surface area contributed by atoms with Crippen LogP contribution < -0.4 is 23.4 Å². The number of fused-ring (bicyclic) bond motifs is 1. The third kappa shape index (κ3) is 3.66. The number of nitrogens with zero attached hydrogens (tertiary/aromatic N) is 2. The number of imidazole rings is 1. The lowest BCUT2D eigenvalue weighted by Crippen LogP contribution is -3.00. The second-order valence-corrected chi connectivity index (χ2v) is 5.64. The van der Waals surface area contributed by atoms with Gasteiger partial charge in [-0.3, -0.25) is 9.13 Å². The lowest BCUT2D eigenvalue weighted by molar-refractivity contribution is -0.00000464.